The molecule has 2 rings (SSSR count). The average Bonchev–Trinajstić information content (AvgIpc) is 2.32. The van der Waals surface area contributed by atoms with Crippen LogP contribution in [0.4, 0.5) is 5.69 Å². The van der Waals surface area contributed by atoms with Crippen LogP contribution in [-0.2, 0) is 0 Å². The lowest BCUT2D eigenvalue weighted by molar-refractivity contribution is 0.318. The van der Waals surface area contributed by atoms with Crippen LogP contribution in [0.15, 0.2) is 24.3 Å². The molecule has 1 unspecified atom stereocenters. The molecule has 0 radical (unpaired) electrons. The van der Waals surface area contributed by atoms with Gasteiger partial charge < -0.3 is 15.0 Å². The Balaban J connectivity index is 2.24. The smallest absolute Gasteiger partial charge is 0.120 e. The lowest BCUT2D eigenvalue weighted by atomic mass is 9.98. The van der Waals surface area contributed by atoms with Crippen molar-refractivity contribution in [2.45, 2.75) is 32.4 Å². The fraction of sp³-hybridized carbons (Fsp3) is 0.571. The molecule has 3 nitrogen and oxygen atoms in total. The SMILES string of the molecule is COc1cccc(N2CC(C)(C)NCC2C)c1. The minimum Gasteiger partial charge on any atom is -0.497 e. The van der Waals surface area contributed by atoms with E-state index in [1.807, 2.05) is 6.07 Å². The van der Waals surface area contributed by atoms with E-state index in [9.17, 15) is 0 Å². The lowest BCUT2D eigenvalue weighted by Crippen LogP contribution is -2.61. The first-order valence-electron chi connectivity index (χ1n) is 6.17. The van der Waals surface area contributed by atoms with Crippen molar-refractivity contribution in [1.82, 2.24) is 5.32 Å². The van der Waals surface area contributed by atoms with Gasteiger partial charge in [0.15, 0.2) is 0 Å². The molecular weight excluding hydrogens is 212 g/mol. The van der Waals surface area contributed by atoms with Crippen LogP contribution < -0.4 is 15.0 Å². The second kappa shape index (κ2) is 4.57. The van der Waals surface area contributed by atoms with Crippen LogP contribution in [0, 0.1) is 0 Å². The molecule has 3 heteroatoms. The first-order valence-corrected chi connectivity index (χ1v) is 6.17. The zero-order valence-electron chi connectivity index (χ0n) is 11.2. The fourth-order valence-electron chi connectivity index (χ4n) is 2.31. The van der Waals surface area contributed by atoms with Gasteiger partial charge in [-0.3, -0.25) is 0 Å². The van der Waals surface area contributed by atoms with Crippen LogP contribution in [0.25, 0.3) is 0 Å². The molecule has 0 saturated carbocycles. The second-order valence-electron chi connectivity index (χ2n) is 5.44. The fourth-order valence-corrected chi connectivity index (χ4v) is 2.31. The van der Waals surface area contributed by atoms with Gasteiger partial charge in [0.2, 0.25) is 0 Å². The average molecular weight is 234 g/mol. The van der Waals surface area contributed by atoms with Gasteiger partial charge in [-0.05, 0) is 32.9 Å². The Morgan fingerprint density at radius 3 is 2.88 bits per heavy atom. The number of anilines is 1. The minimum absolute atomic E-state index is 0.162. The molecule has 94 valence electrons. The van der Waals surface area contributed by atoms with E-state index in [0.717, 1.165) is 18.8 Å². The lowest BCUT2D eigenvalue weighted by Gasteiger charge is -2.44. The van der Waals surface area contributed by atoms with E-state index in [1.165, 1.54) is 5.69 Å². The number of methoxy groups -OCH3 is 1. The third-order valence-electron chi connectivity index (χ3n) is 3.36. The number of hydrogen-bond acceptors (Lipinski definition) is 3. The molecule has 1 heterocycles. The van der Waals surface area contributed by atoms with Crippen LogP contribution in [-0.4, -0.2) is 31.8 Å². The van der Waals surface area contributed by atoms with Crippen LogP contribution in [0.3, 0.4) is 0 Å². The summed E-state index contributed by atoms with van der Waals surface area (Å²) in [7, 11) is 1.71. The van der Waals surface area contributed by atoms with E-state index < -0.39 is 0 Å². The van der Waals surface area contributed by atoms with E-state index in [2.05, 4.69) is 49.2 Å². The van der Waals surface area contributed by atoms with Gasteiger partial charge >= 0.3 is 0 Å². The van der Waals surface area contributed by atoms with E-state index in [1.54, 1.807) is 7.11 Å². The number of rotatable bonds is 2. The number of piperazine rings is 1. The van der Waals surface area contributed by atoms with Crippen molar-refractivity contribution >= 4 is 5.69 Å². The van der Waals surface area contributed by atoms with Crippen molar-refractivity contribution in [2.75, 3.05) is 25.1 Å². The number of ether oxygens (including phenoxy) is 1. The highest BCUT2D eigenvalue weighted by atomic mass is 16.5. The Kier molecular flexibility index (Phi) is 3.29. The molecule has 0 spiro atoms. The molecule has 1 aromatic carbocycles. The molecule has 0 amide bonds. The van der Waals surface area contributed by atoms with Gasteiger partial charge in [-0.2, -0.15) is 0 Å². The number of benzene rings is 1. The standard InChI is InChI=1S/C14H22N2O/c1-11-9-15-14(2,3)10-16(11)12-6-5-7-13(8-12)17-4/h5-8,11,15H,9-10H2,1-4H3. The molecule has 1 aliphatic rings. The highest BCUT2D eigenvalue weighted by Crippen LogP contribution is 2.26. The Morgan fingerprint density at radius 2 is 2.18 bits per heavy atom. The van der Waals surface area contributed by atoms with Gasteiger partial charge in [0, 0.05) is 36.4 Å². The predicted octanol–water partition coefficient (Wildman–Crippen LogP) is 2.27. The number of hydrogen-bond donors (Lipinski definition) is 1. The first kappa shape index (κ1) is 12.2. The molecule has 1 fully saturated rings. The normalized spacial score (nSPS) is 23.5. The maximum atomic E-state index is 5.29. The van der Waals surface area contributed by atoms with Crippen LogP contribution in [0.1, 0.15) is 20.8 Å². The van der Waals surface area contributed by atoms with Gasteiger partial charge in [-0.25, -0.2) is 0 Å². The Bertz CT molecular complexity index is 390. The van der Waals surface area contributed by atoms with Gasteiger partial charge in [-0.1, -0.05) is 6.07 Å². The minimum atomic E-state index is 0.162. The summed E-state index contributed by atoms with van der Waals surface area (Å²) in [5.74, 6) is 0.922. The summed E-state index contributed by atoms with van der Waals surface area (Å²) >= 11 is 0. The quantitative estimate of drug-likeness (QED) is 0.849. The van der Waals surface area contributed by atoms with Gasteiger partial charge in [0.05, 0.1) is 7.11 Å². The second-order valence-corrected chi connectivity index (χ2v) is 5.44. The maximum Gasteiger partial charge on any atom is 0.120 e. The van der Waals surface area contributed by atoms with Crippen LogP contribution in [0.5, 0.6) is 5.75 Å². The van der Waals surface area contributed by atoms with E-state index >= 15 is 0 Å². The molecule has 1 atom stereocenters. The molecule has 0 aromatic heterocycles. The largest absolute Gasteiger partial charge is 0.497 e. The summed E-state index contributed by atoms with van der Waals surface area (Å²) in [5, 5.41) is 3.56. The number of nitrogens with zero attached hydrogens (tertiary/aromatic N) is 1. The van der Waals surface area contributed by atoms with Crippen molar-refractivity contribution in [3.05, 3.63) is 24.3 Å². The number of nitrogens with one attached hydrogen (secondary N) is 1. The summed E-state index contributed by atoms with van der Waals surface area (Å²) in [6.45, 7) is 8.77. The van der Waals surface area contributed by atoms with Crippen molar-refractivity contribution in [1.29, 1.82) is 0 Å². The van der Waals surface area contributed by atoms with Gasteiger partial charge in [0.1, 0.15) is 5.75 Å². The van der Waals surface area contributed by atoms with Crippen molar-refractivity contribution in [3.63, 3.8) is 0 Å². The molecule has 1 N–H and O–H groups in total. The monoisotopic (exact) mass is 234 g/mol. The Hall–Kier alpha value is -1.22. The van der Waals surface area contributed by atoms with Crippen molar-refractivity contribution in [2.24, 2.45) is 0 Å². The van der Waals surface area contributed by atoms with E-state index in [-0.39, 0.29) is 5.54 Å². The predicted molar refractivity (Wildman–Crippen MR) is 71.9 cm³/mol. The highest BCUT2D eigenvalue weighted by molar-refractivity contribution is 5.52. The summed E-state index contributed by atoms with van der Waals surface area (Å²) in [6.07, 6.45) is 0. The molecular formula is C14H22N2O. The summed E-state index contributed by atoms with van der Waals surface area (Å²) in [4.78, 5) is 2.44. The van der Waals surface area contributed by atoms with Crippen LogP contribution in [0.2, 0.25) is 0 Å². The molecule has 0 bridgehead atoms. The molecule has 0 aliphatic carbocycles. The topological polar surface area (TPSA) is 24.5 Å². The van der Waals surface area contributed by atoms with Gasteiger partial charge in [-0.15, -0.1) is 0 Å². The van der Waals surface area contributed by atoms with Crippen LogP contribution >= 0.6 is 0 Å². The first-order chi connectivity index (χ1) is 8.02. The third kappa shape index (κ3) is 2.72. The zero-order valence-corrected chi connectivity index (χ0v) is 11.2. The Labute approximate surface area is 104 Å². The van der Waals surface area contributed by atoms with E-state index in [4.69, 9.17) is 4.74 Å². The Morgan fingerprint density at radius 1 is 1.41 bits per heavy atom. The van der Waals surface area contributed by atoms with Crippen molar-refractivity contribution in [3.8, 4) is 5.75 Å². The maximum absolute atomic E-state index is 5.29. The summed E-state index contributed by atoms with van der Waals surface area (Å²) in [6, 6.07) is 8.81. The zero-order chi connectivity index (χ0) is 12.5. The molecule has 1 aliphatic heterocycles. The van der Waals surface area contributed by atoms with Gasteiger partial charge in [0.25, 0.3) is 0 Å². The molecule has 1 aromatic rings. The summed E-state index contributed by atoms with van der Waals surface area (Å²) in [5.41, 5.74) is 1.40. The third-order valence-corrected chi connectivity index (χ3v) is 3.36. The van der Waals surface area contributed by atoms with Crippen molar-refractivity contribution < 1.29 is 4.74 Å². The molecule has 1 saturated heterocycles. The van der Waals surface area contributed by atoms with E-state index in [0.29, 0.717) is 6.04 Å². The molecule has 17 heavy (non-hydrogen) atoms. The summed E-state index contributed by atoms with van der Waals surface area (Å²) < 4.78 is 5.29. The highest BCUT2D eigenvalue weighted by Gasteiger charge is 2.30.